The molecular formula is C21H24FNO4S. The molecular weight excluding hydrogens is 381 g/mol. The number of benzene rings is 2. The van der Waals surface area contributed by atoms with E-state index in [0.29, 0.717) is 19.5 Å². The number of rotatable bonds is 7. The minimum absolute atomic E-state index is 0.103. The summed E-state index contributed by atoms with van der Waals surface area (Å²) in [5.74, 6) is -0.685. The number of ether oxygens (including phenoxy) is 1. The van der Waals surface area contributed by atoms with Crippen LogP contribution in [0.5, 0.6) is 0 Å². The summed E-state index contributed by atoms with van der Waals surface area (Å²) in [5, 5.41) is 0. The fourth-order valence-electron chi connectivity index (χ4n) is 3.15. The van der Waals surface area contributed by atoms with Gasteiger partial charge in [-0.15, -0.1) is 0 Å². The molecule has 2 aromatic rings. The maximum Gasteiger partial charge on any atom is 0.306 e. The van der Waals surface area contributed by atoms with E-state index in [4.69, 9.17) is 4.74 Å². The summed E-state index contributed by atoms with van der Waals surface area (Å²) in [6.45, 7) is 1.25. The number of hydrogen-bond acceptors (Lipinski definition) is 4. The third kappa shape index (κ3) is 5.39. The van der Waals surface area contributed by atoms with Crippen LogP contribution in [0.1, 0.15) is 36.8 Å². The molecule has 1 aliphatic heterocycles. The number of aryl methyl sites for hydroxylation is 1. The highest BCUT2D eigenvalue weighted by atomic mass is 32.2. The van der Waals surface area contributed by atoms with Crippen LogP contribution in [-0.4, -0.2) is 31.8 Å². The van der Waals surface area contributed by atoms with Crippen molar-refractivity contribution < 1.29 is 22.3 Å². The van der Waals surface area contributed by atoms with Gasteiger partial charge in [-0.05, 0) is 54.7 Å². The Labute approximate surface area is 165 Å². The van der Waals surface area contributed by atoms with Crippen molar-refractivity contribution >= 4 is 16.0 Å². The molecule has 0 bridgehead atoms. The lowest BCUT2D eigenvalue weighted by Gasteiger charge is -2.25. The maximum absolute atomic E-state index is 12.9. The van der Waals surface area contributed by atoms with Crippen LogP contribution in [0.4, 0.5) is 4.39 Å². The molecule has 1 heterocycles. The normalized spacial score (nSPS) is 15.3. The number of nitrogens with zero attached hydrogens (tertiary/aromatic N) is 1. The standard InChI is InChI=1S/C21H24FNO4S/c22-19-9-4-18(5-10-19)16-27-21(24)13-8-17-6-11-20(12-7-17)28(25,26)23-14-2-1-3-15-23/h4-7,9-12H,1-3,8,13-16H2. The third-order valence-corrected chi connectivity index (χ3v) is 6.72. The number of esters is 1. The number of halogens is 1. The summed E-state index contributed by atoms with van der Waals surface area (Å²) in [6, 6.07) is 12.5. The third-order valence-electron chi connectivity index (χ3n) is 4.81. The van der Waals surface area contributed by atoms with Crippen molar-refractivity contribution in [3.63, 3.8) is 0 Å². The highest BCUT2D eigenvalue weighted by Crippen LogP contribution is 2.21. The molecule has 2 aromatic carbocycles. The van der Waals surface area contributed by atoms with Crippen LogP contribution < -0.4 is 0 Å². The number of carbonyl (C=O) groups is 1. The summed E-state index contributed by atoms with van der Waals surface area (Å²) in [6.07, 6.45) is 3.53. The average molecular weight is 405 g/mol. The van der Waals surface area contributed by atoms with Gasteiger partial charge in [0.15, 0.2) is 0 Å². The smallest absolute Gasteiger partial charge is 0.306 e. The molecule has 0 spiro atoms. The Balaban J connectivity index is 1.49. The Bertz CT molecular complexity index is 889. The van der Waals surface area contributed by atoms with Gasteiger partial charge in [0.1, 0.15) is 12.4 Å². The average Bonchev–Trinajstić information content (AvgIpc) is 2.73. The van der Waals surface area contributed by atoms with E-state index < -0.39 is 10.0 Å². The topological polar surface area (TPSA) is 63.7 Å². The number of sulfonamides is 1. The molecule has 0 saturated carbocycles. The molecule has 0 N–H and O–H groups in total. The second-order valence-electron chi connectivity index (χ2n) is 6.90. The molecule has 28 heavy (non-hydrogen) atoms. The molecule has 3 rings (SSSR count). The highest BCUT2D eigenvalue weighted by Gasteiger charge is 2.25. The first kappa shape index (κ1) is 20.5. The lowest BCUT2D eigenvalue weighted by Crippen LogP contribution is -2.35. The van der Waals surface area contributed by atoms with Crippen molar-refractivity contribution in [2.75, 3.05) is 13.1 Å². The van der Waals surface area contributed by atoms with Gasteiger partial charge in [-0.1, -0.05) is 30.7 Å². The highest BCUT2D eigenvalue weighted by molar-refractivity contribution is 7.89. The predicted molar refractivity (Wildman–Crippen MR) is 104 cm³/mol. The Morgan fingerprint density at radius 3 is 2.18 bits per heavy atom. The van der Waals surface area contributed by atoms with E-state index in [-0.39, 0.29) is 29.7 Å². The quantitative estimate of drug-likeness (QED) is 0.660. The second kappa shape index (κ2) is 9.30. The predicted octanol–water partition coefficient (Wildman–Crippen LogP) is 3.68. The summed E-state index contributed by atoms with van der Waals surface area (Å²) < 4.78 is 44.8. The van der Waals surface area contributed by atoms with Crippen LogP contribution >= 0.6 is 0 Å². The fraction of sp³-hybridized carbons (Fsp3) is 0.381. The molecule has 0 unspecified atom stereocenters. The summed E-state index contributed by atoms with van der Waals surface area (Å²) in [5.41, 5.74) is 1.60. The van der Waals surface area contributed by atoms with E-state index in [1.807, 2.05) is 0 Å². The summed E-state index contributed by atoms with van der Waals surface area (Å²) in [4.78, 5) is 12.2. The lowest BCUT2D eigenvalue weighted by molar-refractivity contribution is -0.144. The van der Waals surface area contributed by atoms with Crippen molar-refractivity contribution in [2.45, 2.75) is 43.6 Å². The van der Waals surface area contributed by atoms with Gasteiger partial charge in [-0.25, -0.2) is 12.8 Å². The molecule has 5 nitrogen and oxygen atoms in total. The van der Waals surface area contributed by atoms with Crippen molar-refractivity contribution in [3.05, 3.63) is 65.5 Å². The van der Waals surface area contributed by atoms with Gasteiger partial charge in [0.25, 0.3) is 0 Å². The minimum atomic E-state index is -3.44. The largest absolute Gasteiger partial charge is 0.461 e. The molecule has 0 atom stereocenters. The van der Waals surface area contributed by atoms with Crippen LogP contribution in [0.25, 0.3) is 0 Å². The molecule has 0 amide bonds. The fourth-order valence-corrected chi connectivity index (χ4v) is 4.66. The SMILES string of the molecule is O=C(CCc1ccc(S(=O)(=O)N2CCCCC2)cc1)OCc1ccc(F)cc1. The monoisotopic (exact) mass is 405 g/mol. The number of carbonyl (C=O) groups excluding carboxylic acids is 1. The zero-order valence-corrected chi connectivity index (χ0v) is 16.5. The van der Waals surface area contributed by atoms with E-state index in [2.05, 4.69) is 0 Å². The molecule has 0 radical (unpaired) electrons. The molecule has 1 aliphatic rings. The Hall–Kier alpha value is -2.25. The van der Waals surface area contributed by atoms with Crippen molar-refractivity contribution in [1.82, 2.24) is 4.31 Å². The van der Waals surface area contributed by atoms with Crippen LogP contribution in [0, 0.1) is 5.82 Å². The van der Waals surface area contributed by atoms with E-state index in [1.54, 1.807) is 40.7 Å². The van der Waals surface area contributed by atoms with Crippen LogP contribution in [0.2, 0.25) is 0 Å². The zero-order valence-electron chi connectivity index (χ0n) is 15.6. The van der Waals surface area contributed by atoms with E-state index in [1.165, 1.54) is 12.1 Å². The minimum Gasteiger partial charge on any atom is -0.461 e. The van der Waals surface area contributed by atoms with Gasteiger partial charge in [0.05, 0.1) is 4.90 Å². The first-order chi connectivity index (χ1) is 13.4. The number of piperidine rings is 1. The van der Waals surface area contributed by atoms with Gasteiger partial charge in [-0.3, -0.25) is 4.79 Å². The van der Waals surface area contributed by atoms with Gasteiger partial charge in [0.2, 0.25) is 10.0 Å². The van der Waals surface area contributed by atoms with E-state index >= 15 is 0 Å². The molecule has 0 aromatic heterocycles. The number of hydrogen-bond donors (Lipinski definition) is 0. The van der Waals surface area contributed by atoms with Gasteiger partial charge < -0.3 is 4.74 Å². The Kier molecular flexibility index (Phi) is 6.80. The molecule has 1 fully saturated rings. The van der Waals surface area contributed by atoms with Gasteiger partial charge in [0, 0.05) is 19.5 Å². The zero-order chi connectivity index (χ0) is 20.0. The van der Waals surface area contributed by atoms with Gasteiger partial charge in [-0.2, -0.15) is 4.31 Å². The Morgan fingerprint density at radius 2 is 1.54 bits per heavy atom. The Morgan fingerprint density at radius 1 is 0.929 bits per heavy atom. The van der Waals surface area contributed by atoms with Crippen LogP contribution in [0.3, 0.4) is 0 Å². The molecule has 0 aliphatic carbocycles. The molecule has 150 valence electrons. The van der Waals surface area contributed by atoms with Crippen molar-refractivity contribution in [2.24, 2.45) is 0 Å². The first-order valence-electron chi connectivity index (χ1n) is 9.44. The molecule has 7 heteroatoms. The second-order valence-corrected chi connectivity index (χ2v) is 8.83. The van der Waals surface area contributed by atoms with Crippen LogP contribution in [-0.2, 0) is 32.6 Å². The van der Waals surface area contributed by atoms with Gasteiger partial charge >= 0.3 is 5.97 Å². The van der Waals surface area contributed by atoms with Crippen molar-refractivity contribution in [3.8, 4) is 0 Å². The lowest BCUT2D eigenvalue weighted by atomic mass is 10.1. The first-order valence-corrected chi connectivity index (χ1v) is 10.9. The van der Waals surface area contributed by atoms with Crippen LogP contribution in [0.15, 0.2) is 53.4 Å². The van der Waals surface area contributed by atoms with E-state index in [9.17, 15) is 17.6 Å². The van der Waals surface area contributed by atoms with E-state index in [0.717, 1.165) is 30.4 Å². The summed E-state index contributed by atoms with van der Waals surface area (Å²) in [7, 11) is -3.44. The summed E-state index contributed by atoms with van der Waals surface area (Å²) >= 11 is 0. The maximum atomic E-state index is 12.9. The van der Waals surface area contributed by atoms with Crippen molar-refractivity contribution in [1.29, 1.82) is 0 Å². The molecule has 1 saturated heterocycles.